The van der Waals surface area contributed by atoms with E-state index in [0.717, 1.165) is 16.3 Å². The number of carbonyl (C=O) groups excluding carboxylic acids is 1. The highest BCUT2D eigenvalue weighted by Crippen LogP contribution is 2.59. The lowest BCUT2D eigenvalue weighted by Crippen LogP contribution is -2.45. The first kappa shape index (κ1) is 22.7. The third-order valence-corrected chi connectivity index (χ3v) is 7.45. The van der Waals surface area contributed by atoms with Crippen LogP contribution in [-0.2, 0) is 27.7 Å². The van der Waals surface area contributed by atoms with Gasteiger partial charge in [-0.2, -0.15) is 0 Å². The SMILES string of the molecule is CC(C)C(=O)SCCOP1(=O)OCC2OC(n3ccc(=O)[nH]c3=O)C(C)(Cl)C2O1. The Hall–Kier alpha value is -0.940. The molecule has 1 aromatic heterocycles. The number of aromatic amines is 1. The maximum Gasteiger partial charge on any atom is 0.475 e. The second-order valence-corrected chi connectivity index (χ2v) is 10.7. The number of thioether (sulfide) groups is 1. The van der Waals surface area contributed by atoms with Crippen LogP contribution in [0.1, 0.15) is 27.0 Å². The largest absolute Gasteiger partial charge is 0.475 e. The zero-order valence-corrected chi connectivity index (χ0v) is 18.5. The summed E-state index contributed by atoms with van der Waals surface area (Å²) in [4.78, 5) is 35.9. The molecule has 0 aliphatic carbocycles. The highest BCUT2D eigenvalue weighted by Gasteiger charge is 2.60. The molecule has 0 saturated carbocycles. The molecule has 5 atom stereocenters. The van der Waals surface area contributed by atoms with Crippen LogP contribution in [0.4, 0.5) is 0 Å². The molecule has 0 bridgehead atoms. The van der Waals surface area contributed by atoms with Crippen LogP contribution in [0, 0.1) is 5.92 Å². The number of phosphoric ester groups is 1. The van der Waals surface area contributed by atoms with E-state index in [1.54, 1.807) is 20.8 Å². The molecule has 2 aliphatic rings. The van der Waals surface area contributed by atoms with Crippen molar-refractivity contribution in [3.8, 4) is 0 Å². The molecule has 2 saturated heterocycles. The number of hydrogen-bond acceptors (Lipinski definition) is 9. The van der Waals surface area contributed by atoms with E-state index in [9.17, 15) is 18.9 Å². The number of carbonyl (C=O) groups is 1. The molecule has 0 radical (unpaired) electrons. The van der Waals surface area contributed by atoms with Gasteiger partial charge in [-0.05, 0) is 6.92 Å². The lowest BCUT2D eigenvalue weighted by atomic mass is 10.0. The minimum absolute atomic E-state index is 0.00383. The van der Waals surface area contributed by atoms with Crippen LogP contribution in [0.2, 0.25) is 0 Å². The molecule has 162 valence electrons. The van der Waals surface area contributed by atoms with Crippen molar-refractivity contribution in [1.82, 2.24) is 9.55 Å². The van der Waals surface area contributed by atoms with Crippen LogP contribution in [0.5, 0.6) is 0 Å². The number of H-pyrrole nitrogens is 1. The first-order chi connectivity index (χ1) is 13.5. The van der Waals surface area contributed by atoms with Gasteiger partial charge in [-0.15, -0.1) is 11.6 Å². The van der Waals surface area contributed by atoms with Gasteiger partial charge in [-0.3, -0.25) is 32.7 Å². The molecule has 5 unspecified atom stereocenters. The molecule has 3 heterocycles. The van der Waals surface area contributed by atoms with E-state index in [1.165, 1.54) is 12.3 Å². The molecule has 2 aliphatic heterocycles. The first-order valence-corrected chi connectivity index (χ1v) is 11.8. The number of phosphoric acid groups is 1. The number of alkyl halides is 1. The molecule has 1 aromatic rings. The maximum absolute atomic E-state index is 12.8. The quantitative estimate of drug-likeness (QED) is 0.378. The van der Waals surface area contributed by atoms with Gasteiger partial charge in [0.2, 0.25) is 0 Å². The zero-order valence-electron chi connectivity index (χ0n) is 16.0. The van der Waals surface area contributed by atoms with E-state index < -0.39 is 42.4 Å². The Morgan fingerprint density at radius 3 is 2.90 bits per heavy atom. The average Bonchev–Trinajstić information content (AvgIpc) is 2.89. The van der Waals surface area contributed by atoms with Gasteiger partial charge in [-0.25, -0.2) is 9.36 Å². The number of nitrogens with zero attached hydrogens (tertiary/aromatic N) is 1. The average molecular weight is 469 g/mol. The number of hydrogen-bond donors (Lipinski definition) is 1. The summed E-state index contributed by atoms with van der Waals surface area (Å²) in [5, 5.41) is 0.00383. The maximum atomic E-state index is 12.8. The molecule has 13 heteroatoms. The molecule has 3 rings (SSSR count). The van der Waals surface area contributed by atoms with Crippen molar-refractivity contribution in [2.24, 2.45) is 5.92 Å². The summed E-state index contributed by atoms with van der Waals surface area (Å²) in [7, 11) is -3.92. The minimum atomic E-state index is -3.92. The molecule has 0 spiro atoms. The monoisotopic (exact) mass is 468 g/mol. The molecular weight excluding hydrogens is 447 g/mol. The summed E-state index contributed by atoms with van der Waals surface area (Å²) in [5.74, 6) is 0.186. The summed E-state index contributed by atoms with van der Waals surface area (Å²) in [5.41, 5.74) is -1.25. The van der Waals surface area contributed by atoms with Crippen molar-refractivity contribution in [1.29, 1.82) is 0 Å². The van der Waals surface area contributed by atoms with Gasteiger partial charge in [0.1, 0.15) is 17.1 Å². The summed E-state index contributed by atoms with van der Waals surface area (Å²) in [6.45, 7) is 5.03. The van der Waals surface area contributed by atoms with Crippen molar-refractivity contribution in [3.05, 3.63) is 33.1 Å². The lowest BCUT2D eigenvalue weighted by molar-refractivity contribution is -0.113. The Morgan fingerprint density at radius 2 is 2.24 bits per heavy atom. The molecule has 10 nitrogen and oxygen atoms in total. The molecule has 29 heavy (non-hydrogen) atoms. The fraction of sp³-hybridized carbons (Fsp3) is 0.688. The molecule has 2 fully saturated rings. The summed E-state index contributed by atoms with van der Waals surface area (Å²) in [6, 6.07) is 1.17. The fourth-order valence-corrected chi connectivity index (χ4v) is 5.68. The Bertz CT molecular complexity index is 932. The number of aromatic nitrogens is 2. The van der Waals surface area contributed by atoms with Gasteiger partial charge in [0.05, 0.1) is 13.2 Å². The number of nitrogens with one attached hydrogen (secondary N) is 1. The predicted molar refractivity (Wildman–Crippen MR) is 106 cm³/mol. The predicted octanol–water partition coefficient (Wildman–Crippen LogP) is 1.89. The van der Waals surface area contributed by atoms with E-state index in [1.807, 2.05) is 0 Å². The van der Waals surface area contributed by atoms with Crippen molar-refractivity contribution in [2.75, 3.05) is 19.0 Å². The first-order valence-electron chi connectivity index (χ1n) is 8.93. The second-order valence-electron chi connectivity index (χ2n) is 7.12. The van der Waals surface area contributed by atoms with Gasteiger partial charge < -0.3 is 4.74 Å². The third-order valence-electron chi connectivity index (χ3n) is 4.47. The standard InChI is InChI=1S/C16H22ClN2O8PS/c1-9(2)13(21)29-7-6-24-28(23)25-8-10-12(27-28)16(3,17)14(26-10)19-5-4-11(20)18-15(19)22/h4-5,9-10,12,14H,6-8H2,1-3H3,(H,18,20,22). The highest BCUT2D eigenvalue weighted by atomic mass is 35.5. The second kappa shape index (κ2) is 8.66. The van der Waals surface area contributed by atoms with Crippen molar-refractivity contribution in [3.63, 3.8) is 0 Å². The Balaban J connectivity index is 1.68. The summed E-state index contributed by atoms with van der Waals surface area (Å²) < 4.78 is 35.8. The molecule has 0 aromatic carbocycles. The van der Waals surface area contributed by atoms with Crippen LogP contribution in [0.3, 0.4) is 0 Å². The summed E-state index contributed by atoms with van der Waals surface area (Å²) >= 11 is 7.71. The van der Waals surface area contributed by atoms with Crippen LogP contribution in [0.15, 0.2) is 21.9 Å². The topological polar surface area (TPSA) is 126 Å². The fourth-order valence-electron chi connectivity index (χ4n) is 2.98. The van der Waals surface area contributed by atoms with Gasteiger partial charge >= 0.3 is 13.5 Å². The van der Waals surface area contributed by atoms with Crippen molar-refractivity contribution >= 4 is 36.3 Å². The van der Waals surface area contributed by atoms with Gasteiger partial charge in [-0.1, -0.05) is 25.6 Å². The van der Waals surface area contributed by atoms with Gasteiger partial charge in [0, 0.05) is 23.9 Å². The lowest BCUT2D eigenvalue weighted by Gasteiger charge is -2.34. The van der Waals surface area contributed by atoms with Gasteiger partial charge in [0.15, 0.2) is 11.3 Å². The van der Waals surface area contributed by atoms with E-state index >= 15 is 0 Å². The Kier molecular flexibility index (Phi) is 6.79. The minimum Gasteiger partial charge on any atom is -0.347 e. The van der Waals surface area contributed by atoms with Crippen molar-refractivity contribution in [2.45, 2.75) is 44.1 Å². The van der Waals surface area contributed by atoms with E-state index in [-0.39, 0.29) is 24.2 Å². The number of halogens is 1. The van der Waals surface area contributed by atoms with Crippen LogP contribution < -0.4 is 11.2 Å². The van der Waals surface area contributed by atoms with Gasteiger partial charge in [0.25, 0.3) is 5.56 Å². The number of rotatable bonds is 6. The normalized spacial score (nSPS) is 34.3. The molecule has 1 N–H and O–H groups in total. The van der Waals surface area contributed by atoms with E-state index in [4.69, 9.17) is 29.9 Å². The van der Waals surface area contributed by atoms with Crippen LogP contribution in [-0.4, -0.2) is 50.7 Å². The number of ether oxygens (including phenoxy) is 1. The summed E-state index contributed by atoms with van der Waals surface area (Å²) in [6.07, 6.45) is -1.30. The van der Waals surface area contributed by atoms with E-state index in [2.05, 4.69) is 4.98 Å². The smallest absolute Gasteiger partial charge is 0.347 e. The zero-order chi connectivity index (χ0) is 21.4. The molecule has 0 amide bonds. The van der Waals surface area contributed by atoms with Crippen LogP contribution >= 0.6 is 31.2 Å². The number of fused-ring (bicyclic) bond motifs is 1. The molecular formula is C16H22ClN2O8PS. The van der Waals surface area contributed by atoms with Crippen molar-refractivity contribution < 1.29 is 27.7 Å². The van der Waals surface area contributed by atoms with Crippen LogP contribution in [0.25, 0.3) is 0 Å². The van der Waals surface area contributed by atoms with E-state index in [0.29, 0.717) is 5.75 Å². The Morgan fingerprint density at radius 1 is 1.52 bits per heavy atom. The third kappa shape index (κ3) is 4.87. The highest BCUT2D eigenvalue weighted by molar-refractivity contribution is 8.13. The Labute approximate surface area is 175 Å².